The van der Waals surface area contributed by atoms with E-state index in [1.165, 1.54) is 23.5 Å². The lowest BCUT2D eigenvalue weighted by molar-refractivity contribution is -0.286. The number of fused-ring (bicyclic) bond motifs is 1. The van der Waals surface area contributed by atoms with Gasteiger partial charge in [-0.3, -0.25) is 4.79 Å². The molecule has 0 radical (unpaired) electrons. The number of aromatic nitrogens is 1. The number of aryl methyl sites for hydroxylation is 1. The van der Waals surface area contributed by atoms with Gasteiger partial charge in [0.1, 0.15) is 5.75 Å². The normalized spacial score (nSPS) is 20.2. The fraction of sp³-hybridized carbons (Fsp3) is 0.360. The highest BCUT2D eigenvalue weighted by Crippen LogP contribution is 2.43. The molecule has 190 valence electrons. The molecule has 0 spiro atoms. The van der Waals surface area contributed by atoms with Crippen molar-refractivity contribution in [3.8, 4) is 27.8 Å². The van der Waals surface area contributed by atoms with Gasteiger partial charge in [-0.1, -0.05) is 11.6 Å². The standard InChI is InChI=1S/C25H23ClF2N2O5S/c1-13-19(33-17-4-2-3-14(9-17)24(31)32)8-6-18(30-13)23-15(10-22(26)36-23)12-29-16-5-7-20-21(11-16)35-25(27,28)34-20/h5-8,10-11,14,17,29H,2-4,9,12H2,1H3,(H,31,32)/t14-,17-/m0/s1. The summed E-state index contributed by atoms with van der Waals surface area (Å²) in [4.78, 5) is 16.9. The van der Waals surface area contributed by atoms with E-state index in [9.17, 15) is 18.7 Å². The van der Waals surface area contributed by atoms with Gasteiger partial charge < -0.3 is 24.6 Å². The molecule has 3 heterocycles. The van der Waals surface area contributed by atoms with Gasteiger partial charge in [0.25, 0.3) is 0 Å². The summed E-state index contributed by atoms with van der Waals surface area (Å²) in [5.41, 5.74) is 2.91. The summed E-state index contributed by atoms with van der Waals surface area (Å²) < 4.78 is 42.2. The lowest BCUT2D eigenvalue weighted by Gasteiger charge is -2.27. The van der Waals surface area contributed by atoms with Gasteiger partial charge in [0.15, 0.2) is 11.5 Å². The Morgan fingerprint density at radius 1 is 1.25 bits per heavy atom. The Bertz CT molecular complexity index is 1300. The van der Waals surface area contributed by atoms with Gasteiger partial charge >= 0.3 is 12.3 Å². The van der Waals surface area contributed by atoms with Gasteiger partial charge in [-0.05, 0) is 68.5 Å². The number of hydrogen-bond donors (Lipinski definition) is 2. The Balaban J connectivity index is 1.29. The first kappa shape index (κ1) is 24.6. The average molecular weight is 537 g/mol. The molecule has 2 aromatic heterocycles. The number of nitrogens with zero attached hydrogens (tertiary/aromatic N) is 1. The van der Waals surface area contributed by atoms with Gasteiger partial charge in [-0.25, -0.2) is 4.98 Å². The number of aliphatic carboxylic acids is 1. The van der Waals surface area contributed by atoms with Crippen molar-refractivity contribution in [2.75, 3.05) is 5.32 Å². The molecule has 2 aliphatic rings. The number of hydrogen-bond acceptors (Lipinski definition) is 7. The van der Waals surface area contributed by atoms with Crippen molar-refractivity contribution in [1.29, 1.82) is 0 Å². The molecule has 1 aromatic carbocycles. The Labute approximate surface area is 215 Å². The number of pyridine rings is 1. The number of anilines is 1. The second kappa shape index (κ2) is 9.74. The highest BCUT2D eigenvalue weighted by atomic mass is 35.5. The largest absolute Gasteiger partial charge is 0.586 e. The second-order valence-electron chi connectivity index (χ2n) is 8.81. The fourth-order valence-corrected chi connectivity index (χ4v) is 5.69. The minimum Gasteiger partial charge on any atom is -0.489 e. The van der Waals surface area contributed by atoms with Gasteiger partial charge in [0.05, 0.1) is 32.6 Å². The molecule has 0 unspecified atom stereocenters. The number of nitrogens with one attached hydrogen (secondary N) is 1. The smallest absolute Gasteiger partial charge is 0.489 e. The van der Waals surface area contributed by atoms with Crippen LogP contribution in [0.15, 0.2) is 36.4 Å². The van der Waals surface area contributed by atoms with Crippen molar-refractivity contribution in [2.24, 2.45) is 5.92 Å². The number of ether oxygens (including phenoxy) is 3. The van der Waals surface area contributed by atoms with Crippen LogP contribution < -0.4 is 19.5 Å². The van der Waals surface area contributed by atoms with Gasteiger partial charge in [0, 0.05) is 18.3 Å². The highest BCUT2D eigenvalue weighted by Gasteiger charge is 2.43. The van der Waals surface area contributed by atoms with Gasteiger partial charge in [0.2, 0.25) is 0 Å². The van der Waals surface area contributed by atoms with Crippen LogP contribution in [0.25, 0.3) is 10.6 Å². The lowest BCUT2D eigenvalue weighted by atomic mass is 9.87. The van der Waals surface area contributed by atoms with Crippen LogP contribution in [0.1, 0.15) is 36.9 Å². The maximum absolute atomic E-state index is 13.3. The zero-order chi connectivity index (χ0) is 25.4. The summed E-state index contributed by atoms with van der Waals surface area (Å²) in [6.45, 7) is 2.23. The molecule has 36 heavy (non-hydrogen) atoms. The summed E-state index contributed by atoms with van der Waals surface area (Å²) >= 11 is 7.70. The van der Waals surface area contributed by atoms with Crippen LogP contribution in [0.3, 0.4) is 0 Å². The average Bonchev–Trinajstić information content (AvgIpc) is 3.36. The molecule has 11 heteroatoms. The van der Waals surface area contributed by atoms with Crippen LogP contribution in [-0.2, 0) is 11.3 Å². The summed E-state index contributed by atoms with van der Waals surface area (Å²) in [7, 11) is 0. The van der Waals surface area contributed by atoms with E-state index >= 15 is 0 Å². The van der Waals surface area contributed by atoms with E-state index in [1.807, 2.05) is 25.1 Å². The quantitative estimate of drug-likeness (QED) is 0.346. The predicted molar refractivity (Wildman–Crippen MR) is 131 cm³/mol. The number of benzene rings is 1. The van der Waals surface area contributed by atoms with E-state index in [2.05, 4.69) is 14.8 Å². The minimum absolute atomic E-state index is 0.0153. The summed E-state index contributed by atoms with van der Waals surface area (Å²) in [6, 6.07) is 10.1. The van der Waals surface area contributed by atoms with E-state index in [0.717, 1.165) is 29.0 Å². The molecule has 5 rings (SSSR count). The van der Waals surface area contributed by atoms with Crippen LogP contribution in [0.4, 0.5) is 14.5 Å². The van der Waals surface area contributed by atoms with Crippen molar-refractivity contribution in [1.82, 2.24) is 4.98 Å². The number of rotatable bonds is 7. The van der Waals surface area contributed by atoms with Crippen molar-refractivity contribution >= 4 is 34.6 Å². The Hall–Kier alpha value is -3.11. The summed E-state index contributed by atoms with van der Waals surface area (Å²) in [5, 5.41) is 12.5. The van der Waals surface area contributed by atoms with E-state index in [0.29, 0.717) is 40.9 Å². The number of alkyl halides is 2. The summed E-state index contributed by atoms with van der Waals surface area (Å²) in [6.07, 6.45) is -1.00. The summed E-state index contributed by atoms with van der Waals surface area (Å²) in [5.74, 6) is -0.564. The topological polar surface area (TPSA) is 89.9 Å². The third-order valence-corrected chi connectivity index (χ3v) is 7.53. The Morgan fingerprint density at radius 3 is 2.83 bits per heavy atom. The van der Waals surface area contributed by atoms with Crippen LogP contribution in [-0.4, -0.2) is 28.5 Å². The first-order chi connectivity index (χ1) is 17.2. The zero-order valence-electron chi connectivity index (χ0n) is 19.2. The monoisotopic (exact) mass is 536 g/mol. The molecule has 0 bridgehead atoms. The Kier molecular flexibility index (Phi) is 6.65. The number of thiophene rings is 1. The number of carboxylic acid groups (broad SMARTS) is 1. The minimum atomic E-state index is -3.66. The van der Waals surface area contributed by atoms with Crippen LogP contribution in [0, 0.1) is 12.8 Å². The molecular formula is C25H23ClF2N2O5S. The number of halogens is 3. The molecule has 1 aliphatic heterocycles. The van der Waals surface area contributed by atoms with Gasteiger partial charge in [-0.15, -0.1) is 20.1 Å². The van der Waals surface area contributed by atoms with E-state index in [4.69, 9.17) is 21.3 Å². The molecule has 1 aliphatic carbocycles. The maximum atomic E-state index is 13.3. The van der Waals surface area contributed by atoms with Crippen molar-refractivity contribution in [2.45, 2.75) is 51.6 Å². The second-order valence-corrected chi connectivity index (χ2v) is 10.5. The van der Waals surface area contributed by atoms with E-state index in [1.54, 1.807) is 6.07 Å². The molecule has 0 saturated heterocycles. The Morgan fingerprint density at radius 2 is 2.06 bits per heavy atom. The molecule has 1 saturated carbocycles. The van der Waals surface area contributed by atoms with Crippen LogP contribution in [0.5, 0.6) is 17.2 Å². The highest BCUT2D eigenvalue weighted by molar-refractivity contribution is 7.19. The van der Waals surface area contributed by atoms with E-state index in [-0.39, 0.29) is 23.5 Å². The fourth-order valence-electron chi connectivity index (χ4n) is 4.45. The van der Waals surface area contributed by atoms with Crippen molar-refractivity contribution < 1.29 is 32.9 Å². The molecular weight excluding hydrogens is 514 g/mol. The first-order valence-electron chi connectivity index (χ1n) is 11.5. The van der Waals surface area contributed by atoms with Crippen LogP contribution in [0.2, 0.25) is 4.34 Å². The predicted octanol–water partition coefficient (Wildman–Crippen LogP) is 6.73. The molecule has 2 N–H and O–H groups in total. The number of carboxylic acids is 1. The molecule has 3 aromatic rings. The van der Waals surface area contributed by atoms with Gasteiger partial charge in [-0.2, -0.15) is 0 Å². The first-order valence-corrected chi connectivity index (χ1v) is 12.7. The third kappa shape index (κ3) is 5.34. The SMILES string of the molecule is Cc1nc(-c2sc(Cl)cc2CNc2ccc3c(c2)OC(F)(F)O3)ccc1O[C@H]1CCC[C@H](C(=O)O)C1. The zero-order valence-corrected chi connectivity index (χ0v) is 20.8. The lowest BCUT2D eigenvalue weighted by Crippen LogP contribution is -2.29. The van der Waals surface area contributed by atoms with E-state index < -0.39 is 12.3 Å². The number of carbonyl (C=O) groups is 1. The molecule has 1 fully saturated rings. The maximum Gasteiger partial charge on any atom is 0.586 e. The molecule has 7 nitrogen and oxygen atoms in total. The third-order valence-electron chi connectivity index (χ3n) is 6.20. The van der Waals surface area contributed by atoms with Crippen molar-refractivity contribution in [3.63, 3.8) is 0 Å². The van der Waals surface area contributed by atoms with Crippen LogP contribution >= 0.6 is 22.9 Å². The van der Waals surface area contributed by atoms with Crippen molar-refractivity contribution in [3.05, 3.63) is 52.0 Å². The molecule has 2 atom stereocenters. The molecule has 0 amide bonds.